The lowest BCUT2D eigenvalue weighted by Gasteiger charge is -2.26. The first-order chi connectivity index (χ1) is 16.7. The molecule has 190 valence electrons. The topological polar surface area (TPSA) is 124 Å². The number of nitrogens with zero attached hydrogens (tertiary/aromatic N) is 1. The van der Waals surface area contributed by atoms with E-state index >= 15 is 0 Å². The monoisotopic (exact) mass is 502 g/mol. The number of carbonyl (C=O) groups is 3. The highest BCUT2D eigenvalue weighted by Crippen LogP contribution is 2.42. The molecule has 0 bridgehead atoms. The zero-order chi connectivity index (χ0) is 25.4. The summed E-state index contributed by atoms with van der Waals surface area (Å²) in [5, 5.41) is 14.1. The van der Waals surface area contributed by atoms with Crippen molar-refractivity contribution in [1.82, 2.24) is 10.2 Å². The Balaban J connectivity index is 1.52. The molecule has 0 aliphatic carbocycles. The molecule has 2 aromatic rings. The molecule has 1 saturated heterocycles. The van der Waals surface area contributed by atoms with Crippen LogP contribution >= 0.6 is 7.37 Å². The molecule has 0 aromatic heterocycles. The van der Waals surface area contributed by atoms with E-state index in [2.05, 4.69) is 5.32 Å². The number of amides is 2. The van der Waals surface area contributed by atoms with Crippen LogP contribution in [0.4, 0.5) is 0 Å². The Bertz CT molecular complexity index is 1100. The van der Waals surface area contributed by atoms with Gasteiger partial charge in [0.15, 0.2) is 0 Å². The van der Waals surface area contributed by atoms with E-state index in [0.717, 1.165) is 22.8 Å². The van der Waals surface area contributed by atoms with Crippen LogP contribution in [0.1, 0.15) is 51.0 Å². The van der Waals surface area contributed by atoms with Gasteiger partial charge in [0, 0.05) is 25.3 Å². The summed E-state index contributed by atoms with van der Waals surface area (Å²) in [6.07, 6.45) is 3.18. The van der Waals surface area contributed by atoms with E-state index in [9.17, 15) is 28.9 Å². The standard InChI is InChI=1S/C26H35N2O6P/c1-2-3-9-22(26(31)32)27-25(30)23-10-6-15-28(23)24(29)14-17-35(33,34)16-13-19-11-12-20-7-4-5-8-21(20)18-19/h4-5,7-8,11-12,18,22-23H,2-3,6,9-10,13-17H2,1H3,(H,27,30)(H,31,32)(H,33,34)/t22-,23-/m0/s1. The molecule has 1 aliphatic heterocycles. The minimum atomic E-state index is -3.53. The van der Waals surface area contributed by atoms with Crippen molar-refractivity contribution in [3.05, 3.63) is 48.0 Å². The molecule has 1 unspecified atom stereocenters. The summed E-state index contributed by atoms with van der Waals surface area (Å²) < 4.78 is 12.7. The highest BCUT2D eigenvalue weighted by Gasteiger charge is 2.36. The summed E-state index contributed by atoms with van der Waals surface area (Å²) in [6.45, 7) is 2.33. The molecular weight excluding hydrogens is 467 g/mol. The van der Waals surface area contributed by atoms with Crippen molar-refractivity contribution in [3.8, 4) is 0 Å². The van der Waals surface area contributed by atoms with Crippen LogP contribution in [0.3, 0.4) is 0 Å². The number of hydrogen-bond acceptors (Lipinski definition) is 4. The van der Waals surface area contributed by atoms with Crippen molar-refractivity contribution in [2.75, 3.05) is 18.9 Å². The largest absolute Gasteiger partial charge is 0.480 e. The van der Waals surface area contributed by atoms with Crippen LogP contribution in [-0.4, -0.2) is 63.6 Å². The Morgan fingerprint density at radius 2 is 1.89 bits per heavy atom. The lowest BCUT2D eigenvalue weighted by Crippen LogP contribution is -2.50. The summed E-state index contributed by atoms with van der Waals surface area (Å²) in [5.74, 6) is -1.90. The number of aliphatic carboxylic acids is 1. The van der Waals surface area contributed by atoms with Gasteiger partial charge in [-0.2, -0.15) is 0 Å². The molecule has 35 heavy (non-hydrogen) atoms. The molecule has 1 aliphatic rings. The molecule has 2 aromatic carbocycles. The first-order valence-electron chi connectivity index (χ1n) is 12.3. The average Bonchev–Trinajstić information content (AvgIpc) is 3.34. The van der Waals surface area contributed by atoms with Crippen molar-refractivity contribution in [2.24, 2.45) is 0 Å². The Hall–Kier alpha value is -2.70. The predicted octanol–water partition coefficient (Wildman–Crippen LogP) is 3.79. The molecule has 1 fully saturated rings. The normalized spacial score (nSPS) is 18.2. The number of carboxylic acids is 1. The van der Waals surface area contributed by atoms with E-state index in [4.69, 9.17) is 0 Å². The molecule has 8 nitrogen and oxygen atoms in total. The molecule has 0 spiro atoms. The minimum Gasteiger partial charge on any atom is -0.480 e. The smallest absolute Gasteiger partial charge is 0.326 e. The zero-order valence-electron chi connectivity index (χ0n) is 20.2. The molecule has 0 saturated carbocycles. The van der Waals surface area contributed by atoms with Crippen LogP contribution in [-0.2, 0) is 25.4 Å². The first kappa shape index (κ1) is 26.9. The van der Waals surface area contributed by atoms with Gasteiger partial charge in [-0.15, -0.1) is 0 Å². The third-order valence-electron chi connectivity index (χ3n) is 6.58. The first-order valence-corrected chi connectivity index (χ1v) is 14.3. The molecule has 3 N–H and O–H groups in total. The number of fused-ring (bicyclic) bond motifs is 1. The second kappa shape index (κ2) is 12.3. The number of likely N-dealkylation sites (tertiary alicyclic amines) is 1. The van der Waals surface area contributed by atoms with Gasteiger partial charge in [-0.05, 0) is 42.0 Å². The Labute approximate surface area is 206 Å². The summed E-state index contributed by atoms with van der Waals surface area (Å²) in [6, 6.07) is 12.2. The molecule has 3 atom stereocenters. The Kier molecular flexibility index (Phi) is 9.47. The van der Waals surface area contributed by atoms with Gasteiger partial charge in [-0.25, -0.2) is 4.79 Å². The van der Waals surface area contributed by atoms with E-state index in [1.165, 1.54) is 4.90 Å². The number of aryl methyl sites for hydroxylation is 1. The van der Waals surface area contributed by atoms with Crippen molar-refractivity contribution in [3.63, 3.8) is 0 Å². The van der Waals surface area contributed by atoms with E-state index in [0.29, 0.717) is 38.6 Å². The van der Waals surface area contributed by atoms with Gasteiger partial charge in [-0.1, -0.05) is 62.2 Å². The number of benzene rings is 2. The maximum Gasteiger partial charge on any atom is 0.326 e. The fourth-order valence-corrected chi connectivity index (χ4v) is 5.87. The van der Waals surface area contributed by atoms with Crippen molar-refractivity contribution in [1.29, 1.82) is 0 Å². The molecule has 1 heterocycles. The molecular formula is C26H35N2O6P. The number of unbranched alkanes of at least 4 members (excludes halogenated alkanes) is 1. The molecule has 2 amide bonds. The van der Waals surface area contributed by atoms with Gasteiger partial charge >= 0.3 is 5.97 Å². The minimum absolute atomic E-state index is 0.0836. The van der Waals surface area contributed by atoms with Gasteiger partial charge in [0.05, 0.1) is 0 Å². The molecule has 0 radical (unpaired) electrons. The predicted molar refractivity (Wildman–Crippen MR) is 136 cm³/mol. The Morgan fingerprint density at radius 3 is 2.60 bits per heavy atom. The van der Waals surface area contributed by atoms with Crippen molar-refractivity contribution >= 4 is 35.9 Å². The third kappa shape index (κ3) is 7.64. The summed E-state index contributed by atoms with van der Waals surface area (Å²) >= 11 is 0. The fourth-order valence-electron chi connectivity index (χ4n) is 4.50. The highest BCUT2D eigenvalue weighted by molar-refractivity contribution is 7.58. The van der Waals surface area contributed by atoms with Crippen LogP contribution < -0.4 is 5.32 Å². The fraction of sp³-hybridized carbons (Fsp3) is 0.500. The number of rotatable bonds is 12. The molecule has 9 heteroatoms. The number of carbonyl (C=O) groups excluding carboxylic acids is 2. The SMILES string of the molecule is CCCC[C@H](NC(=O)[C@@H]1CCCN1C(=O)CCP(=O)(O)CCc1ccc2ccccc2c1)C(=O)O. The van der Waals surface area contributed by atoms with E-state index < -0.39 is 31.3 Å². The second-order valence-electron chi connectivity index (χ2n) is 9.26. The van der Waals surface area contributed by atoms with Gasteiger partial charge in [0.25, 0.3) is 0 Å². The Morgan fingerprint density at radius 1 is 1.14 bits per heavy atom. The van der Waals surface area contributed by atoms with Crippen LogP contribution in [0.5, 0.6) is 0 Å². The van der Waals surface area contributed by atoms with Crippen LogP contribution in [0.25, 0.3) is 10.8 Å². The lowest BCUT2D eigenvalue weighted by molar-refractivity contribution is -0.144. The summed E-state index contributed by atoms with van der Waals surface area (Å²) in [7, 11) is -3.53. The maximum atomic E-state index is 12.8. The van der Waals surface area contributed by atoms with Gasteiger partial charge in [0.2, 0.25) is 19.2 Å². The average molecular weight is 503 g/mol. The molecule has 3 rings (SSSR count). The quantitative estimate of drug-likeness (QED) is 0.380. The zero-order valence-corrected chi connectivity index (χ0v) is 21.1. The third-order valence-corrected chi connectivity index (χ3v) is 8.42. The lowest BCUT2D eigenvalue weighted by atomic mass is 10.1. The number of nitrogens with one attached hydrogen (secondary N) is 1. The summed E-state index contributed by atoms with van der Waals surface area (Å²) in [4.78, 5) is 48.9. The van der Waals surface area contributed by atoms with Crippen LogP contribution in [0.2, 0.25) is 0 Å². The van der Waals surface area contributed by atoms with Crippen LogP contribution in [0.15, 0.2) is 42.5 Å². The van der Waals surface area contributed by atoms with E-state index in [1.807, 2.05) is 49.4 Å². The van der Waals surface area contributed by atoms with Gasteiger partial charge < -0.3 is 20.2 Å². The number of hydrogen-bond donors (Lipinski definition) is 3. The second-order valence-corrected chi connectivity index (χ2v) is 11.8. The van der Waals surface area contributed by atoms with E-state index in [1.54, 1.807) is 0 Å². The van der Waals surface area contributed by atoms with Crippen molar-refractivity contribution < 1.29 is 28.9 Å². The number of carboxylic acid groups (broad SMARTS) is 1. The van der Waals surface area contributed by atoms with Gasteiger partial charge in [0.1, 0.15) is 12.1 Å². The maximum absolute atomic E-state index is 12.8. The highest BCUT2D eigenvalue weighted by atomic mass is 31.2. The van der Waals surface area contributed by atoms with Gasteiger partial charge in [-0.3, -0.25) is 14.2 Å². The summed E-state index contributed by atoms with van der Waals surface area (Å²) in [5.41, 5.74) is 0.969. The van der Waals surface area contributed by atoms with E-state index in [-0.39, 0.29) is 24.7 Å². The van der Waals surface area contributed by atoms with Crippen LogP contribution in [0, 0.1) is 0 Å². The van der Waals surface area contributed by atoms with Crippen molar-refractivity contribution in [2.45, 2.75) is 64.0 Å².